The molecule has 0 spiro atoms. The van der Waals surface area contributed by atoms with Gasteiger partial charge in [-0.2, -0.15) is 0 Å². The van der Waals surface area contributed by atoms with Gasteiger partial charge in [0.25, 0.3) is 5.91 Å². The van der Waals surface area contributed by atoms with Crippen molar-refractivity contribution in [2.24, 2.45) is 0 Å². The van der Waals surface area contributed by atoms with Gasteiger partial charge in [0.2, 0.25) is 0 Å². The average Bonchev–Trinajstić information content (AvgIpc) is 3.01. The van der Waals surface area contributed by atoms with Crippen LogP contribution in [0.25, 0.3) is 11.2 Å². The van der Waals surface area contributed by atoms with Crippen LogP contribution in [0, 0.1) is 0 Å². The van der Waals surface area contributed by atoms with Gasteiger partial charge in [-0.15, -0.1) is 0 Å². The van der Waals surface area contributed by atoms with Crippen molar-refractivity contribution in [1.29, 1.82) is 0 Å². The van der Waals surface area contributed by atoms with Gasteiger partial charge in [0, 0.05) is 19.3 Å². The summed E-state index contributed by atoms with van der Waals surface area (Å²) in [4.78, 5) is 25.8. The quantitative estimate of drug-likeness (QED) is 0.742. The highest BCUT2D eigenvalue weighted by atomic mass is 16.2. The smallest absolute Gasteiger partial charge is 0.255 e. The summed E-state index contributed by atoms with van der Waals surface area (Å²) in [7, 11) is 0. The Hall–Kier alpha value is -2.69. The zero-order chi connectivity index (χ0) is 14.2. The number of nitrogens with zero attached hydrogens (tertiary/aromatic N) is 3. The normalized spacial score (nSPS) is 14.2. The monoisotopic (exact) mass is 278 g/mol. The molecule has 0 radical (unpaired) electrons. The summed E-state index contributed by atoms with van der Waals surface area (Å²) in [6.45, 7) is 1.41. The Bertz CT molecular complexity index is 824. The van der Waals surface area contributed by atoms with Crippen LogP contribution in [0.2, 0.25) is 0 Å². The first kappa shape index (κ1) is 12.1. The van der Waals surface area contributed by atoms with Gasteiger partial charge in [-0.1, -0.05) is 24.3 Å². The molecule has 4 rings (SSSR count). The van der Waals surface area contributed by atoms with Crippen LogP contribution in [-0.4, -0.2) is 32.3 Å². The van der Waals surface area contributed by atoms with Crippen molar-refractivity contribution in [3.63, 3.8) is 0 Å². The lowest BCUT2D eigenvalue weighted by Gasteiger charge is -2.28. The molecule has 0 atom stereocenters. The molecule has 5 heteroatoms. The topological polar surface area (TPSA) is 61.9 Å². The third-order valence-corrected chi connectivity index (χ3v) is 3.94. The lowest BCUT2D eigenvalue weighted by molar-refractivity contribution is 0.0734. The Morgan fingerprint density at radius 2 is 2.05 bits per heavy atom. The third-order valence-electron chi connectivity index (χ3n) is 3.94. The number of hydrogen-bond donors (Lipinski definition) is 1. The molecular weight excluding hydrogens is 264 g/mol. The minimum absolute atomic E-state index is 0.0218. The number of imidazole rings is 1. The molecule has 1 aliphatic rings. The maximum Gasteiger partial charge on any atom is 0.255 e. The number of carbonyl (C=O) groups is 1. The van der Waals surface area contributed by atoms with E-state index in [9.17, 15) is 4.79 Å². The maximum atomic E-state index is 12.6. The van der Waals surface area contributed by atoms with E-state index in [1.165, 1.54) is 11.1 Å². The number of amides is 1. The summed E-state index contributed by atoms with van der Waals surface area (Å²) < 4.78 is 0. The number of pyridine rings is 1. The number of carbonyl (C=O) groups excluding carboxylic acids is 1. The minimum Gasteiger partial charge on any atom is -0.343 e. The van der Waals surface area contributed by atoms with Crippen LogP contribution in [0.15, 0.2) is 42.9 Å². The molecule has 0 fully saturated rings. The van der Waals surface area contributed by atoms with E-state index >= 15 is 0 Å². The molecule has 3 heterocycles. The van der Waals surface area contributed by atoms with E-state index < -0.39 is 0 Å². The fraction of sp³-hybridized carbons (Fsp3) is 0.188. The Morgan fingerprint density at radius 3 is 2.95 bits per heavy atom. The first-order chi connectivity index (χ1) is 10.3. The second kappa shape index (κ2) is 4.70. The van der Waals surface area contributed by atoms with Gasteiger partial charge in [-0.25, -0.2) is 9.97 Å². The van der Waals surface area contributed by atoms with Crippen molar-refractivity contribution in [2.45, 2.75) is 13.0 Å². The van der Waals surface area contributed by atoms with Crippen molar-refractivity contribution in [1.82, 2.24) is 19.9 Å². The molecule has 104 valence electrons. The van der Waals surface area contributed by atoms with Crippen LogP contribution >= 0.6 is 0 Å². The highest BCUT2D eigenvalue weighted by Crippen LogP contribution is 2.20. The van der Waals surface area contributed by atoms with Crippen LogP contribution in [-0.2, 0) is 13.0 Å². The van der Waals surface area contributed by atoms with Gasteiger partial charge < -0.3 is 9.88 Å². The van der Waals surface area contributed by atoms with E-state index in [1.54, 1.807) is 12.5 Å². The van der Waals surface area contributed by atoms with Crippen LogP contribution in [0.5, 0.6) is 0 Å². The van der Waals surface area contributed by atoms with Crippen molar-refractivity contribution < 1.29 is 4.79 Å². The summed E-state index contributed by atoms with van der Waals surface area (Å²) in [6.07, 6.45) is 4.09. The zero-order valence-corrected chi connectivity index (χ0v) is 11.4. The molecular formula is C16H14N4O. The van der Waals surface area contributed by atoms with Crippen molar-refractivity contribution in [2.75, 3.05) is 6.54 Å². The number of nitrogens with one attached hydrogen (secondary N) is 1. The first-order valence-corrected chi connectivity index (χ1v) is 6.96. The summed E-state index contributed by atoms with van der Waals surface area (Å²) in [5.74, 6) is 0.0218. The molecule has 1 amide bonds. The highest BCUT2D eigenvalue weighted by Gasteiger charge is 2.22. The Balaban J connectivity index is 1.63. The number of fused-ring (bicyclic) bond motifs is 2. The lowest BCUT2D eigenvalue weighted by Crippen LogP contribution is -2.35. The second-order valence-corrected chi connectivity index (χ2v) is 5.24. The summed E-state index contributed by atoms with van der Waals surface area (Å²) >= 11 is 0. The van der Waals surface area contributed by atoms with Crippen LogP contribution in [0.4, 0.5) is 0 Å². The number of aromatic nitrogens is 3. The number of H-pyrrole nitrogens is 1. The lowest BCUT2D eigenvalue weighted by atomic mass is 9.99. The largest absolute Gasteiger partial charge is 0.343 e. The summed E-state index contributed by atoms with van der Waals surface area (Å²) in [6, 6.07) is 10.1. The third kappa shape index (κ3) is 2.07. The predicted molar refractivity (Wildman–Crippen MR) is 78.8 cm³/mol. The van der Waals surface area contributed by atoms with E-state index in [0.717, 1.165) is 18.5 Å². The molecule has 0 saturated heterocycles. The molecule has 3 aromatic rings. The van der Waals surface area contributed by atoms with Crippen molar-refractivity contribution in [3.05, 3.63) is 59.5 Å². The van der Waals surface area contributed by atoms with E-state index in [0.29, 0.717) is 17.8 Å². The molecule has 21 heavy (non-hydrogen) atoms. The van der Waals surface area contributed by atoms with Gasteiger partial charge in [-0.3, -0.25) is 4.79 Å². The van der Waals surface area contributed by atoms with Gasteiger partial charge >= 0.3 is 0 Å². The standard InChI is InChI=1S/C16H14N4O/c21-16(13-7-14-15(17-8-13)19-10-18-14)20-6-5-11-3-1-2-4-12(11)9-20/h1-4,7-8,10H,5-6,9H2,(H,17,18,19). The van der Waals surface area contributed by atoms with Gasteiger partial charge in [0.05, 0.1) is 17.4 Å². The summed E-state index contributed by atoms with van der Waals surface area (Å²) in [5.41, 5.74) is 4.59. The molecule has 1 aliphatic heterocycles. The van der Waals surface area contributed by atoms with Crippen LogP contribution in [0.1, 0.15) is 21.5 Å². The molecule has 0 unspecified atom stereocenters. The predicted octanol–water partition coefficient (Wildman–Crippen LogP) is 2.16. The Kier molecular flexibility index (Phi) is 2.70. The number of benzene rings is 1. The van der Waals surface area contributed by atoms with E-state index in [1.807, 2.05) is 23.1 Å². The van der Waals surface area contributed by atoms with Crippen molar-refractivity contribution in [3.8, 4) is 0 Å². The Morgan fingerprint density at radius 1 is 1.19 bits per heavy atom. The van der Waals surface area contributed by atoms with E-state index in [-0.39, 0.29) is 5.91 Å². The number of hydrogen-bond acceptors (Lipinski definition) is 3. The van der Waals surface area contributed by atoms with E-state index in [2.05, 4.69) is 27.1 Å². The maximum absolute atomic E-state index is 12.6. The van der Waals surface area contributed by atoms with Crippen LogP contribution < -0.4 is 0 Å². The van der Waals surface area contributed by atoms with Gasteiger partial charge in [-0.05, 0) is 23.6 Å². The van der Waals surface area contributed by atoms with Gasteiger partial charge in [0.15, 0.2) is 5.65 Å². The molecule has 0 saturated carbocycles. The second-order valence-electron chi connectivity index (χ2n) is 5.24. The fourth-order valence-corrected chi connectivity index (χ4v) is 2.80. The number of aromatic amines is 1. The molecule has 1 N–H and O–H groups in total. The molecule has 1 aromatic carbocycles. The first-order valence-electron chi connectivity index (χ1n) is 6.96. The molecule has 0 bridgehead atoms. The summed E-state index contributed by atoms with van der Waals surface area (Å²) in [5, 5.41) is 0. The SMILES string of the molecule is O=C(c1cnc2nc[nH]c2c1)N1CCc2ccccc2C1. The van der Waals surface area contributed by atoms with Crippen LogP contribution in [0.3, 0.4) is 0 Å². The highest BCUT2D eigenvalue weighted by molar-refractivity contribution is 5.96. The van der Waals surface area contributed by atoms with Gasteiger partial charge in [0.1, 0.15) is 0 Å². The minimum atomic E-state index is 0.0218. The molecule has 0 aliphatic carbocycles. The number of rotatable bonds is 1. The average molecular weight is 278 g/mol. The molecule has 2 aromatic heterocycles. The van der Waals surface area contributed by atoms with Crippen molar-refractivity contribution >= 4 is 17.1 Å². The Labute approximate surface area is 121 Å². The van der Waals surface area contributed by atoms with E-state index in [4.69, 9.17) is 0 Å². The molecule has 5 nitrogen and oxygen atoms in total. The zero-order valence-electron chi connectivity index (χ0n) is 11.4. The fourth-order valence-electron chi connectivity index (χ4n) is 2.80.